The second kappa shape index (κ2) is 7.10. The van der Waals surface area contributed by atoms with E-state index in [9.17, 15) is 14.3 Å². The predicted molar refractivity (Wildman–Crippen MR) is 86.7 cm³/mol. The number of carbonyl (C=O) groups excluding carboxylic acids is 1. The lowest BCUT2D eigenvalue weighted by Crippen LogP contribution is -2.30. The second-order valence-corrected chi connectivity index (χ2v) is 6.43. The summed E-state index contributed by atoms with van der Waals surface area (Å²) in [5, 5.41) is 10.2. The van der Waals surface area contributed by atoms with Gasteiger partial charge in [0.05, 0.1) is 11.7 Å². The summed E-state index contributed by atoms with van der Waals surface area (Å²) < 4.78 is 12.9. The smallest absolute Gasteiger partial charge is 0.256 e. The highest BCUT2D eigenvalue weighted by Gasteiger charge is 2.27. The van der Waals surface area contributed by atoms with E-state index in [0.717, 1.165) is 5.56 Å². The predicted octanol–water partition coefficient (Wildman–Crippen LogP) is 2.72. The molecule has 3 rings (SSSR count). The van der Waals surface area contributed by atoms with Gasteiger partial charge in [0.1, 0.15) is 10.8 Å². The average Bonchev–Trinajstić information content (AvgIpc) is 3.00. The summed E-state index contributed by atoms with van der Waals surface area (Å²) in [7, 11) is 0. The van der Waals surface area contributed by atoms with Crippen LogP contribution >= 0.6 is 11.8 Å². The van der Waals surface area contributed by atoms with Crippen molar-refractivity contribution in [1.82, 2.24) is 9.88 Å². The van der Waals surface area contributed by atoms with Gasteiger partial charge in [-0.3, -0.25) is 4.79 Å². The molecule has 0 unspecified atom stereocenters. The van der Waals surface area contributed by atoms with Gasteiger partial charge in [0.15, 0.2) is 0 Å². The molecule has 23 heavy (non-hydrogen) atoms. The molecule has 1 aliphatic heterocycles. The number of aliphatic hydroxyl groups is 1. The van der Waals surface area contributed by atoms with Crippen molar-refractivity contribution in [1.29, 1.82) is 0 Å². The summed E-state index contributed by atoms with van der Waals surface area (Å²) in [5.41, 5.74) is 1.52. The quantitative estimate of drug-likeness (QED) is 0.875. The van der Waals surface area contributed by atoms with E-state index < -0.39 is 6.10 Å². The minimum absolute atomic E-state index is 0.101. The van der Waals surface area contributed by atoms with Gasteiger partial charge in [0.2, 0.25) is 0 Å². The van der Waals surface area contributed by atoms with Crippen molar-refractivity contribution < 1.29 is 14.3 Å². The fraction of sp³-hybridized carbons (Fsp3) is 0.294. The van der Waals surface area contributed by atoms with Gasteiger partial charge in [-0.15, -0.1) is 11.8 Å². The maximum Gasteiger partial charge on any atom is 0.256 e. The maximum absolute atomic E-state index is 12.9. The Balaban J connectivity index is 1.72. The van der Waals surface area contributed by atoms with Crippen molar-refractivity contribution in [3.63, 3.8) is 0 Å². The van der Waals surface area contributed by atoms with Crippen LogP contribution < -0.4 is 0 Å². The lowest BCUT2D eigenvalue weighted by Gasteiger charge is -2.17. The maximum atomic E-state index is 12.9. The molecular formula is C17H17FN2O2S. The largest absolute Gasteiger partial charge is 0.391 e. The normalized spacial score (nSPS) is 17.5. The molecule has 0 bridgehead atoms. The Morgan fingerprint density at radius 1 is 1.35 bits per heavy atom. The number of halogens is 1. The molecule has 0 saturated carbocycles. The molecule has 1 amide bonds. The van der Waals surface area contributed by atoms with Gasteiger partial charge in [-0.1, -0.05) is 12.1 Å². The topological polar surface area (TPSA) is 53.4 Å². The van der Waals surface area contributed by atoms with Crippen LogP contribution in [0.5, 0.6) is 0 Å². The minimum atomic E-state index is -0.439. The van der Waals surface area contributed by atoms with E-state index in [1.165, 1.54) is 23.9 Å². The number of β-amino-alcohol motifs (C(OH)–C–C–N with tert-alkyl or cyclic N) is 1. The summed E-state index contributed by atoms with van der Waals surface area (Å²) in [5.74, 6) is 0.247. The van der Waals surface area contributed by atoms with Crippen LogP contribution in [-0.2, 0) is 5.75 Å². The first-order valence-corrected chi connectivity index (χ1v) is 8.41. The molecule has 0 aliphatic carbocycles. The highest BCUT2D eigenvalue weighted by molar-refractivity contribution is 7.98. The van der Waals surface area contributed by atoms with Crippen LogP contribution in [0.2, 0.25) is 0 Å². The summed E-state index contributed by atoms with van der Waals surface area (Å²) in [6, 6.07) is 9.79. The molecule has 0 spiro atoms. The zero-order chi connectivity index (χ0) is 16.2. The van der Waals surface area contributed by atoms with Crippen molar-refractivity contribution in [3.05, 3.63) is 59.5 Å². The number of thioether (sulfide) groups is 1. The van der Waals surface area contributed by atoms with Crippen LogP contribution in [0.4, 0.5) is 4.39 Å². The molecule has 1 aromatic heterocycles. The fourth-order valence-electron chi connectivity index (χ4n) is 2.50. The number of rotatable bonds is 4. The van der Waals surface area contributed by atoms with Crippen molar-refractivity contribution in [2.45, 2.75) is 23.3 Å². The Morgan fingerprint density at radius 3 is 2.83 bits per heavy atom. The number of hydrogen-bond acceptors (Lipinski definition) is 4. The molecule has 1 aliphatic rings. The zero-order valence-corrected chi connectivity index (χ0v) is 13.3. The first kappa shape index (κ1) is 16.0. The fourth-order valence-corrected chi connectivity index (χ4v) is 3.44. The SMILES string of the molecule is O=C(c1cccnc1SCc1ccc(F)cc1)N1CC[C@@H](O)C1. The van der Waals surface area contributed by atoms with Crippen LogP contribution in [0.3, 0.4) is 0 Å². The highest BCUT2D eigenvalue weighted by atomic mass is 32.2. The van der Waals surface area contributed by atoms with Gasteiger partial charge in [-0.25, -0.2) is 9.37 Å². The molecule has 0 radical (unpaired) electrons. The number of pyridine rings is 1. The van der Waals surface area contributed by atoms with Gasteiger partial charge in [0, 0.05) is 25.0 Å². The number of amides is 1. The molecular weight excluding hydrogens is 315 g/mol. The zero-order valence-electron chi connectivity index (χ0n) is 12.5. The molecule has 2 heterocycles. The van der Waals surface area contributed by atoms with E-state index in [1.807, 2.05) is 0 Å². The van der Waals surface area contributed by atoms with Crippen molar-refractivity contribution in [3.8, 4) is 0 Å². The van der Waals surface area contributed by atoms with E-state index in [1.54, 1.807) is 35.4 Å². The van der Waals surface area contributed by atoms with Crippen molar-refractivity contribution >= 4 is 17.7 Å². The summed E-state index contributed by atoms with van der Waals surface area (Å²) >= 11 is 1.45. The summed E-state index contributed by atoms with van der Waals surface area (Å²) in [4.78, 5) is 18.5. The minimum Gasteiger partial charge on any atom is -0.391 e. The lowest BCUT2D eigenvalue weighted by atomic mass is 10.2. The summed E-state index contributed by atoms with van der Waals surface area (Å²) in [6.45, 7) is 0.937. The van der Waals surface area contributed by atoms with E-state index in [-0.39, 0.29) is 11.7 Å². The molecule has 1 aromatic carbocycles. The molecule has 6 heteroatoms. The first-order chi connectivity index (χ1) is 11.1. The van der Waals surface area contributed by atoms with Crippen LogP contribution in [0, 0.1) is 5.82 Å². The molecule has 120 valence electrons. The number of likely N-dealkylation sites (tertiary alicyclic amines) is 1. The van der Waals surface area contributed by atoms with Gasteiger partial charge in [-0.05, 0) is 36.2 Å². The van der Waals surface area contributed by atoms with Crippen LogP contribution in [-0.4, -0.2) is 40.1 Å². The Kier molecular flexibility index (Phi) is 4.93. The van der Waals surface area contributed by atoms with Gasteiger partial charge in [0.25, 0.3) is 5.91 Å². The van der Waals surface area contributed by atoms with Crippen LogP contribution in [0.1, 0.15) is 22.3 Å². The average molecular weight is 332 g/mol. The van der Waals surface area contributed by atoms with Gasteiger partial charge in [-0.2, -0.15) is 0 Å². The van der Waals surface area contributed by atoms with Gasteiger partial charge >= 0.3 is 0 Å². The number of aliphatic hydroxyl groups excluding tert-OH is 1. The van der Waals surface area contributed by atoms with E-state index in [4.69, 9.17) is 0 Å². The number of aromatic nitrogens is 1. The molecule has 1 fully saturated rings. The van der Waals surface area contributed by atoms with Crippen LogP contribution in [0.15, 0.2) is 47.6 Å². The third-order valence-corrected chi connectivity index (χ3v) is 4.82. The van der Waals surface area contributed by atoms with Crippen molar-refractivity contribution in [2.75, 3.05) is 13.1 Å². The third-order valence-electron chi connectivity index (χ3n) is 3.74. The first-order valence-electron chi connectivity index (χ1n) is 7.43. The van der Waals surface area contributed by atoms with Gasteiger partial charge < -0.3 is 10.0 Å². The van der Waals surface area contributed by atoms with Crippen molar-refractivity contribution in [2.24, 2.45) is 0 Å². The molecule has 2 aromatic rings. The molecule has 1 atom stereocenters. The number of hydrogen-bond donors (Lipinski definition) is 1. The highest BCUT2D eigenvalue weighted by Crippen LogP contribution is 2.26. The number of benzene rings is 1. The number of nitrogens with zero attached hydrogens (tertiary/aromatic N) is 2. The Labute approximate surface area is 138 Å². The number of carbonyl (C=O) groups is 1. The second-order valence-electron chi connectivity index (χ2n) is 5.46. The molecule has 1 N–H and O–H groups in total. The third kappa shape index (κ3) is 3.89. The lowest BCUT2D eigenvalue weighted by molar-refractivity contribution is 0.0760. The van der Waals surface area contributed by atoms with Crippen LogP contribution in [0.25, 0.3) is 0 Å². The molecule has 4 nitrogen and oxygen atoms in total. The summed E-state index contributed by atoms with van der Waals surface area (Å²) in [6.07, 6.45) is 1.83. The monoisotopic (exact) mass is 332 g/mol. The standard InChI is InChI=1S/C17H17FN2O2S/c18-13-5-3-12(4-6-13)11-23-16-15(2-1-8-19-16)17(22)20-9-7-14(21)10-20/h1-6,8,14,21H,7,9-11H2/t14-/m1/s1. The Morgan fingerprint density at radius 2 is 2.13 bits per heavy atom. The van der Waals surface area contributed by atoms with E-state index >= 15 is 0 Å². The molecule has 1 saturated heterocycles. The Hall–Kier alpha value is -1.92. The Bertz CT molecular complexity index is 693. The van der Waals surface area contributed by atoms with E-state index in [2.05, 4.69) is 4.98 Å². The van der Waals surface area contributed by atoms with E-state index in [0.29, 0.717) is 35.9 Å².